The predicted molar refractivity (Wildman–Crippen MR) is 110 cm³/mol. The fourth-order valence-corrected chi connectivity index (χ4v) is 3.40. The Hall–Kier alpha value is -1.59. The standard InChI is InChI=1S/C20H23N3O.2ClH/c1-2-6-17(7-3-1)16-23-14-12-22(13-15-23)11-10-19-18-8-4-5-9-20(18)24-21-19;;/h1-9H,10-16H2;2*1H. The lowest BCUT2D eigenvalue weighted by atomic mass is 10.1. The minimum Gasteiger partial charge on any atom is -0.356 e. The first-order valence-electron chi connectivity index (χ1n) is 8.70. The van der Waals surface area contributed by atoms with Gasteiger partial charge in [-0.15, -0.1) is 24.8 Å². The molecule has 2 aromatic carbocycles. The first-order valence-corrected chi connectivity index (χ1v) is 8.70. The molecule has 1 aromatic heterocycles. The first-order chi connectivity index (χ1) is 11.9. The monoisotopic (exact) mass is 393 g/mol. The molecular weight excluding hydrogens is 369 g/mol. The summed E-state index contributed by atoms with van der Waals surface area (Å²) in [6.45, 7) is 6.63. The molecule has 1 fully saturated rings. The summed E-state index contributed by atoms with van der Waals surface area (Å²) in [5.41, 5.74) is 3.37. The van der Waals surface area contributed by atoms with Crippen molar-refractivity contribution in [1.82, 2.24) is 15.0 Å². The number of hydrogen-bond acceptors (Lipinski definition) is 4. The van der Waals surface area contributed by atoms with Gasteiger partial charge < -0.3 is 9.42 Å². The second-order valence-electron chi connectivity index (χ2n) is 6.48. The highest BCUT2D eigenvalue weighted by Gasteiger charge is 2.17. The molecule has 0 amide bonds. The van der Waals surface area contributed by atoms with Crippen molar-refractivity contribution in [1.29, 1.82) is 0 Å². The molecule has 4 rings (SSSR count). The third-order valence-electron chi connectivity index (χ3n) is 4.83. The lowest BCUT2D eigenvalue weighted by Gasteiger charge is -2.34. The predicted octanol–water partition coefficient (Wildman–Crippen LogP) is 4.03. The van der Waals surface area contributed by atoms with Crippen molar-refractivity contribution in [2.45, 2.75) is 13.0 Å². The van der Waals surface area contributed by atoms with Crippen molar-refractivity contribution in [2.24, 2.45) is 0 Å². The van der Waals surface area contributed by atoms with Crippen molar-refractivity contribution in [3.63, 3.8) is 0 Å². The number of fused-ring (bicyclic) bond motifs is 1. The Bertz CT molecular complexity index is 786. The van der Waals surface area contributed by atoms with Crippen LogP contribution in [0.15, 0.2) is 59.1 Å². The fourth-order valence-electron chi connectivity index (χ4n) is 3.40. The van der Waals surface area contributed by atoms with Crippen LogP contribution in [0.2, 0.25) is 0 Å². The Morgan fingerprint density at radius 3 is 2.23 bits per heavy atom. The Kier molecular flexibility index (Phi) is 7.91. The Morgan fingerprint density at radius 2 is 1.46 bits per heavy atom. The third kappa shape index (κ3) is 4.98. The Labute approximate surface area is 167 Å². The van der Waals surface area contributed by atoms with E-state index in [4.69, 9.17) is 4.52 Å². The number of halogens is 2. The van der Waals surface area contributed by atoms with Gasteiger partial charge in [-0.25, -0.2) is 0 Å². The molecule has 0 atom stereocenters. The second kappa shape index (κ2) is 9.93. The van der Waals surface area contributed by atoms with Crippen LogP contribution >= 0.6 is 24.8 Å². The van der Waals surface area contributed by atoms with E-state index >= 15 is 0 Å². The van der Waals surface area contributed by atoms with E-state index in [1.165, 1.54) is 5.56 Å². The van der Waals surface area contributed by atoms with E-state index in [2.05, 4.69) is 51.4 Å². The number of aromatic nitrogens is 1. The number of nitrogens with zero attached hydrogens (tertiary/aromatic N) is 3. The van der Waals surface area contributed by atoms with Gasteiger partial charge in [0.05, 0.1) is 5.69 Å². The molecule has 6 heteroatoms. The van der Waals surface area contributed by atoms with Gasteiger partial charge in [0.25, 0.3) is 0 Å². The molecule has 0 N–H and O–H groups in total. The smallest absolute Gasteiger partial charge is 0.167 e. The van der Waals surface area contributed by atoms with Crippen molar-refractivity contribution in [3.8, 4) is 0 Å². The van der Waals surface area contributed by atoms with Crippen molar-refractivity contribution in [3.05, 3.63) is 65.9 Å². The lowest BCUT2D eigenvalue weighted by Crippen LogP contribution is -2.46. The van der Waals surface area contributed by atoms with Gasteiger partial charge in [-0.1, -0.05) is 47.6 Å². The van der Waals surface area contributed by atoms with Gasteiger partial charge in [-0.3, -0.25) is 4.90 Å². The number of piperazine rings is 1. The summed E-state index contributed by atoms with van der Waals surface area (Å²) in [4.78, 5) is 5.07. The molecule has 3 aromatic rings. The van der Waals surface area contributed by atoms with Gasteiger partial charge in [0.15, 0.2) is 5.58 Å². The molecule has 0 bridgehead atoms. The van der Waals surface area contributed by atoms with Crippen molar-refractivity contribution < 1.29 is 4.52 Å². The van der Waals surface area contributed by atoms with E-state index in [1.807, 2.05) is 18.2 Å². The van der Waals surface area contributed by atoms with Crippen LogP contribution in [0.1, 0.15) is 11.3 Å². The normalized spacial score (nSPS) is 15.4. The molecule has 0 unspecified atom stereocenters. The maximum absolute atomic E-state index is 5.40. The number of rotatable bonds is 5. The highest BCUT2D eigenvalue weighted by atomic mass is 35.5. The number of para-hydroxylation sites is 1. The van der Waals surface area contributed by atoms with Crippen molar-refractivity contribution in [2.75, 3.05) is 32.7 Å². The van der Waals surface area contributed by atoms with E-state index in [9.17, 15) is 0 Å². The zero-order chi connectivity index (χ0) is 16.2. The number of hydrogen-bond donors (Lipinski definition) is 0. The molecule has 0 spiro atoms. The zero-order valence-corrected chi connectivity index (χ0v) is 16.3. The number of benzene rings is 2. The summed E-state index contributed by atoms with van der Waals surface area (Å²) in [6, 6.07) is 18.8. The summed E-state index contributed by atoms with van der Waals surface area (Å²) >= 11 is 0. The van der Waals surface area contributed by atoms with Gasteiger partial charge >= 0.3 is 0 Å². The van der Waals surface area contributed by atoms with Crippen LogP contribution in [0.25, 0.3) is 11.0 Å². The minimum atomic E-state index is 0. The molecule has 26 heavy (non-hydrogen) atoms. The Morgan fingerprint density at radius 1 is 0.808 bits per heavy atom. The molecule has 1 aliphatic rings. The van der Waals surface area contributed by atoms with Crippen LogP contribution in [0.5, 0.6) is 0 Å². The van der Waals surface area contributed by atoms with Crippen LogP contribution in [0, 0.1) is 0 Å². The van der Waals surface area contributed by atoms with Crippen LogP contribution in [0.3, 0.4) is 0 Å². The summed E-state index contributed by atoms with van der Waals surface area (Å²) in [5, 5.41) is 5.39. The van der Waals surface area contributed by atoms with Crippen LogP contribution < -0.4 is 0 Å². The first kappa shape index (κ1) is 20.7. The SMILES string of the molecule is Cl.Cl.c1ccc(CN2CCN(CCc3noc4ccccc34)CC2)cc1. The van der Waals surface area contributed by atoms with Gasteiger partial charge in [-0.05, 0) is 17.7 Å². The zero-order valence-electron chi connectivity index (χ0n) is 14.7. The second-order valence-corrected chi connectivity index (χ2v) is 6.48. The molecule has 4 nitrogen and oxygen atoms in total. The average molecular weight is 394 g/mol. The molecule has 0 saturated carbocycles. The van der Waals surface area contributed by atoms with Crippen LogP contribution in [0.4, 0.5) is 0 Å². The molecule has 0 aliphatic carbocycles. The van der Waals surface area contributed by atoms with Crippen molar-refractivity contribution >= 4 is 35.8 Å². The van der Waals surface area contributed by atoms with Gasteiger partial charge in [0.2, 0.25) is 0 Å². The van der Waals surface area contributed by atoms with Gasteiger partial charge in [0, 0.05) is 51.1 Å². The minimum absolute atomic E-state index is 0. The molecular formula is C20H25Cl2N3O. The Balaban J connectivity index is 0.00000121. The van der Waals surface area contributed by atoms with Crippen LogP contribution in [-0.4, -0.2) is 47.7 Å². The average Bonchev–Trinajstić information content (AvgIpc) is 3.05. The molecule has 2 heterocycles. The molecule has 140 valence electrons. The van der Waals surface area contributed by atoms with E-state index in [0.717, 1.165) is 62.4 Å². The molecule has 1 saturated heterocycles. The quantitative estimate of drug-likeness (QED) is 0.654. The summed E-state index contributed by atoms with van der Waals surface area (Å²) < 4.78 is 5.40. The third-order valence-corrected chi connectivity index (χ3v) is 4.83. The fraction of sp³-hybridized carbons (Fsp3) is 0.350. The molecule has 1 aliphatic heterocycles. The van der Waals surface area contributed by atoms with Crippen LogP contribution in [-0.2, 0) is 13.0 Å². The maximum Gasteiger partial charge on any atom is 0.167 e. The molecule has 0 radical (unpaired) electrons. The van der Waals surface area contributed by atoms with E-state index in [0.29, 0.717) is 0 Å². The summed E-state index contributed by atoms with van der Waals surface area (Å²) in [7, 11) is 0. The topological polar surface area (TPSA) is 32.5 Å². The van der Waals surface area contributed by atoms with E-state index < -0.39 is 0 Å². The highest BCUT2D eigenvalue weighted by Crippen LogP contribution is 2.18. The van der Waals surface area contributed by atoms with Gasteiger partial charge in [-0.2, -0.15) is 0 Å². The summed E-state index contributed by atoms with van der Waals surface area (Å²) in [6.07, 6.45) is 0.954. The van der Waals surface area contributed by atoms with E-state index in [1.54, 1.807) is 0 Å². The van der Waals surface area contributed by atoms with E-state index in [-0.39, 0.29) is 24.8 Å². The lowest BCUT2D eigenvalue weighted by molar-refractivity contribution is 0.128. The maximum atomic E-state index is 5.40. The summed E-state index contributed by atoms with van der Waals surface area (Å²) in [5.74, 6) is 0. The van der Waals surface area contributed by atoms with Gasteiger partial charge in [0.1, 0.15) is 0 Å². The highest BCUT2D eigenvalue weighted by molar-refractivity contribution is 5.85. The largest absolute Gasteiger partial charge is 0.356 e.